The Morgan fingerprint density at radius 2 is 1.05 bits per heavy atom. The van der Waals surface area contributed by atoms with Gasteiger partial charge in [-0.1, -0.05) is 33.8 Å². The van der Waals surface area contributed by atoms with Crippen LogP contribution in [0.1, 0.15) is 138 Å². The number of anilines is 1. The molecule has 1 aromatic rings. The van der Waals surface area contributed by atoms with Crippen molar-refractivity contribution >= 4 is 82.7 Å². The van der Waals surface area contributed by atoms with Gasteiger partial charge >= 0.3 is 12.1 Å². The lowest BCUT2D eigenvalue weighted by Gasteiger charge is -2.32. The first-order valence-corrected chi connectivity index (χ1v) is 38.3. The van der Waals surface area contributed by atoms with Crippen LogP contribution in [0.25, 0.3) is 0 Å². The summed E-state index contributed by atoms with van der Waals surface area (Å²) in [5.41, 5.74) is -0.142. The van der Waals surface area contributed by atoms with Gasteiger partial charge in [-0.3, -0.25) is 67.3 Å². The van der Waals surface area contributed by atoms with Crippen molar-refractivity contribution in [1.29, 1.82) is 0 Å². The monoisotopic (exact) mass is 1570 g/mol. The Balaban J connectivity index is 1.39. The Morgan fingerprint density at radius 1 is 0.568 bits per heavy atom. The minimum absolute atomic E-state index is 0.0160. The molecule has 0 radical (unpaired) electrons. The van der Waals surface area contributed by atoms with E-state index < -0.39 is 114 Å². The lowest BCUT2D eigenvalue weighted by Crippen LogP contribution is -2.62. The van der Waals surface area contributed by atoms with Gasteiger partial charge in [-0.05, 0) is 108 Å². The van der Waals surface area contributed by atoms with E-state index in [9.17, 15) is 62.3 Å². The van der Waals surface area contributed by atoms with Gasteiger partial charge in [0, 0.05) is 115 Å². The van der Waals surface area contributed by atoms with E-state index in [1.54, 1.807) is 40.0 Å². The van der Waals surface area contributed by atoms with E-state index in [1.807, 2.05) is 0 Å². The van der Waals surface area contributed by atoms with Gasteiger partial charge in [0.05, 0.1) is 124 Å². The van der Waals surface area contributed by atoms with Crippen molar-refractivity contribution < 1.29 is 114 Å². The van der Waals surface area contributed by atoms with Crippen molar-refractivity contribution in [2.75, 3.05) is 171 Å². The number of hydrogen-bond donors (Lipinski definition) is 9. The predicted molar refractivity (Wildman–Crippen MR) is 404 cm³/mol. The van der Waals surface area contributed by atoms with Gasteiger partial charge in [-0.2, -0.15) is 0 Å². The van der Waals surface area contributed by atoms with Crippen molar-refractivity contribution in [2.45, 2.75) is 168 Å². The van der Waals surface area contributed by atoms with Crippen molar-refractivity contribution in [2.24, 2.45) is 11.3 Å². The molecule has 0 saturated carbocycles. The van der Waals surface area contributed by atoms with Gasteiger partial charge in [-0.25, -0.2) is 4.79 Å². The van der Waals surface area contributed by atoms with Crippen LogP contribution < -0.4 is 52.6 Å². The summed E-state index contributed by atoms with van der Waals surface area (Å²) < 4.78 is 60.3. The van der Waals surface area contributed by atoms with Gasteiger partial charge in [-0.15, -0.1) is 0 Å². The van der Waals surface area contributed by atoms with E-state index in [-0.39, 0.29) is 145 Å². The highest BCUT2D eigenvalue weighted by molar-refractivity contribution is 6.13. The number of carbonyl (C=O) groups excluding carboxylic acids is 13. The van der Waals surface area contributed by atoms with Crippen LogP contribution in [-0.4, -0.2) is 282 Å². The van der Waals surface area contributed by atoms with E-state index in [4.69, 9.17) is 52.1 Å². The molecule has 1 aromatic carbocycles. The first kappa shape index (κ1) is 95.0. The molecular formula is C76H121N11O24. The first-order valence-electron chi connectivity index (χ1n) is 38.3. The Hall–Kier alpha value is -8.39. The fourth-order valence-corrected chi connectivity index (χ4v) is 10.9. The molecule has 35 nitrogen and oxygen atoms in total. The number of hydrogen-bond acceptors (Lipinski definition) is 25. The molecule has 0 unspecified atom stereocenters. The largest absolute Gasteiger partial charge is 0.444 e. The molecule has 624 valence electrons. The van der Waals surface area contributed by atoms with Crippen LogP contribution in [0.2, 0.25) is 0 Å². The summed E-state index contributed by atoms with van der Waals surface area (Å²) in [5, 5.41) is 25.5. The summed E-state index contributed by atoms with van der Waals surface area (Å²) in [6.07, 6.45) is 4.35. The van der Waals surface area contributed by atoms with Crippen LogP contribution in [0.15, 0.2) is 42.5 Å². The molecule has 9 N–H and O–H groups in total. The molecule has 0 spiro atoms. The number of nitrogens with zero attached hydrogens (tertiary/aromatic N) is 2. The highest BCUT2D eigenvalue weighted by Crippen LogP contribution is 2.32. The summed E-state index contributed by atoms with van der Waals surface area (Å²) in [6.45, 7) is 19.9. The quantitative estimate of drug-likeness (QED) is 0.0194. The molecule has 0 saturated heterocycles. The van der Waals surface area contributed by atoms with Crippen LogP contribution in [0.3, 0.4) is 0 Å². The van der Waals surface area contributed by atoms with Crippen LogP contribution in [0, 0.1) is 11.3 Å². The van der Waals surface area contributed by atoms with Gasteiger partial charge < -0.3 is 100.0 Å². The number of amides is 12. The number of imide groups is 2. The number of ether oxygens (including phenoxy) is 11. The second-order valence-electron chi connectivity index (χ2n) is 28.6. The van der Waals surface area contributed by atoms with Gasteiger partial charge in [0.1, 0.15) is 17.7 Å². The van der Waals surface area contributed by atoms with Crippen LogP contribution in [-0.2, 0) is 111 Å². The number of fused-ring (bicyclic) bond motifs is 1. The Bertz CT molecular complexity index is 3120. The third-order valence-corrected chi connectivity index (χ3v) is 17.4. The second kappa shape index (κ2) is 54.3. The third kappa shape index (κ3) is 42.7. The fraction of sp³-hybridized carbons (Fsp3) is 0.697. The van der Waals surface area contributed by atoms with Gasteiger partial charge in [0.15, 0.2) is 5.75 Å². The summed E-state index contributed by atoms with van der Waals surface area (Å²) in [6, 6.07) is 0.468. The normalized spacial score (nSPS) is 18.2. The Labute approximate surface area is 650 Å². The molecule has 3 aliphatic heterocycles. The zero-order valence-electron chi connectivity index (χ0n) is 66.0. The highest BCUT2D eigenvalue weighted by atomic mass is 16.6. The molecule has 35 heteroatoms. The average Bonchev–Trinajstić information content (AvgIpc) is 1.20. The molecular weight excluding hydrogens is 1450 g/mol. The Morgan fingerprint density at radius 3 is 1.58 bits per heavy atom. The van der Waals surface area contributed by atoms with Gasteiger partial charge in [0.2, 0.25) is 41.4 Å². The zero-order valence-corrected chi connectivity index (χ0v) is 66.0. The van der Waals surface area contributed by atoms with E-state index >= 15 is 0 Å². The molecule has 3 heterocycles. The van der Waals surface area contributed by atoms with Crippen molar-refractivity contribution in [3.8, 4) is 5.75 Å². The van der Waals surface area contributed by atoms with Crippen molar-refractivity contribution in [1.82, 2.24) is 52.3 Å². The molecule has 3 aliphatic rings. The summed E-state index contributed by atoms with van der Waals surface area (Å²) in [5.74, 6) is -7.44. The van der Waals surface area contributed by atoms with Crippen molar-refractivity contribution in [3.63, 3.8) is 0 Å². The smallest absolute Gasteiger partial charge is 0.407 e. The number of rotatable bonds is 45. The predicted octanol–water partition coefficient (Wildman–Crippen LogP) is 1.76. The van der Waals surface area contributed by atoms with E-state index in [1.165, 1.54) is 6.07 Å². The summed E-state index contributed by atoms with van der Waals surface area (Å²) >= 11 is 0. The average molecular weight is 1570 g/mol. The fourth-order valence-electron chi connectivity index (χ4n) is 10.9. The van der Waals surface area contributed by atoms with Crippen LogP contribution in [0.5, 0.6) is 5.75 Å². The molecule has 0 aromatic heterocycles. The van der Waals surface area contributed by atoms with E-state index in [0.29, 0.717) is 124 Å². The lowest BCUT2D eigenvalue weighted by molar-refractivity contribution is -0.139. The molecule has 5 atom stereocenters. The number of methoxy groups -OCH3 is 1. The highest BCUT2D eigenvalue weighted by Gasteiger charge is 2.34. The number of benzene rings is 1. The second-order valence-corrected chi connectivity index (χ2v) is 28.6. The number of esters is 1. The van der Waals surface area contributed by atoms with Crippen molar-refractivity contribution in [3.05, 3.63) is 48.1 Å². The Kier molecular flexibility index (Phi) is 46.5. The number of nitrogens with one attached hydrogen (secondary N) is 9. The summed E-state index contributed by atoms with van der Waals surface area (Å²) in [7, 11) is 1.62. The third-order valence-electron chi connectivity index (χ3n) is 17.4. The molecule has 111 heavy (non-hydrogen) atoms. The molecule has 0 bridgehead atoms. The SMILES string of the molecule is COCCOCCOCCOCCOCCOCCOCCOCCOCCC(=O)NCCCC[C@@H]1NC(=O)CCCNC[C@H](NC(=O)CCN2C(=O)C=CC2=O)[C@H](NC(=O)CCN2C(=O)C=CC2=O)C(=O)NCCCC(=O)Oc2ccc(C[C@@H](C[C@H](C)C(C)(C)C)NC(=O)OC(C)(C)C)cc2NC(=O)CCCNC1=O. The first-order chi connectivity index (χ1) is 53.1. The number of carbonyl (C=O) groups is 13. The number of unbranched alkanes of at least 4 members (excludes halogenated alkanes) is 1. The maximum Gasteiger partial charge on any atom is 0.407 e. The topological polar surface area (TPSA) is 438 Å². The molecule has 0 aliphatic carbocycles. The van der Waals surface area contributed by atoms with Crippen LogP contribution in [0.4, 0.5) is 10.5 Å². The van der Waals surface area contributed by atoms with E-state index in [0.717, 1.165) is 34.1 Å². The molecule has 4 rings (SSSR count). The van der Waals surface area contributed by atoms with Gasteiger partial charge in [0.25, 0.3) is 23.6 Å². The minimum Gasteiger partial charge on any atom is -0.444 e. The maximum atomic E-state index is 14.4. The maximum absolute atomic E-state index is 14.4. The molecule has 12 amide bonds. The molecule has 0 fully saturated rings. The van der Waals surface area contributed by atoms with E-state index in [2.05, 4.69) is 75.5 Å². The number of alkyl carbamates (subject to hydrolysis) is 1. The minimum atomic E-state index is -1.59. The van der Waals surface area contributed by atoms with Crippen LogP contribution >= 0.6 is 0 Å². The lowest BCUT2D eigenvalue weighted by atomic mass is 9.78. The standard InChI is InChI=1S/C76H121N11O24/c1-54(75(2,3)4)50-56(81-74(100)111-76(5,6)7)51-55-18-19-60-58(52-55)83-63(90)16-12-29-79-72(98)57(14-9-10-28-78-61(88)26-33-102-36-37-104-40-41-106-44-45-108-48-49-109-47-46-107-43-42-105-39-38-103-35-34-101-8)82-62(89)15-11-27-77-53-59(84-64(91)24-31-86-66(93)20-21-67(86)94)71(73(99)80-30-13-17-70(97)110-60)85-65(92)25-32-87-68(95)22-23-69(87)96/h18-23,52,54,56-57,59,71,77H,9-17,24-51,53H2,1-8H3,(H,78,88)(H,79,98)(H,80,99)(H,81,100)(H,82,89)(H,83,90)(H,84,91)(H,85,92)/t54-,56+,57-,59-,71-/m0/s1. The summed E-state index contributed by atoms with van der Waals surface area (Å²) in [4.78, 5) is 174. The zero-order chi connectivity index (χ0) is 81.2.